The highest BCUT2D eigenvalue weighted by Crippen LogP contribution is 2.20. The van der Waals surface area contributed by atoms with Gasteiger partial charge in [0, 0.05) is 5.39 Å². The van der Waals surface area contributed by atoms with Crippen LogP contribution in [0.15, 0.2) is 29.1 Å². The van der Waals surface area contributed by atoms with Gasteiger partial charge in [0.15, 0.2) is 5.82 Å². The maximum absolute atomic E-state index is 12.8. The molecule has 0 aliphatic heterocycles. The van der Waals surface area contributed by atoms with Crippen LogP contribution in [0.4, 0.5) is 4.39 Å². The number of pyridine rings is 1. The number of H-pyrrole nitrogens is 1. The number of aromatic amines is 1. The van der Waals surface area contributed by atoms with Crippen molar-refractivity contribution in [3.63, 3.8) is 0 Å². The number of hydrogen-bond donors (Lipinski definition) is 2. The van der Waals surface area contributed by atoms with Crippen LogP contribution in [0.3, 0.4) is 0 Å². The summed E-state index contributed by atoms with van der Waals surface area (Å²) in [5.74, 6) is -0.910. The summed E-state index contributed by atoms with van der Waals surface area (Å²) in [4.78, 5) is 13.1. The van der Waals surface area contributed by atoms with Crippen molar-refractivity contribution in [1.82, 2.24) is 4.98 Å². The average molecular weight is 179 g/mol. The Bertz CT molecular complexity index is 518. The number of para-hydroxylation sites is 1. The highest BCUT2D eigenvalue weighted by atomic mass is 19.1. The highest BCUT2D eigenvalue weighted by molar-refractivity contribution is 5.83. The van der Waals surface area contributed by atoms with Gasteiger partial charge >= 0.3 is 0 Å². The second-order valence-corrected chi connectivity index (χ2v) is 2.69. The molecule has 1 aromatic carbocycles. The van der Waals surface area contributed by atoms with Crippen molar-refractivity contribution >= 4 is 10.9 Å². The molecular weight excluding hydrogens is 173 g/mol. The zero-order valence-electron chi connectivity index (χ0n) is 6.54. The number of phenolic OH excluding ortho intramolecular Hbond substituents is 1. The van der Waals surface area contributed by atoms with E-state index in [1.807, 2.05) is 0 Å². The largest absolute Gasteiger partial charge is 0.506 e. The molecule has 1 heterocycles. The predicted molar refractivity (Wildman–Crippen MR) is 46.2 cm³/mol. The molecule has 0 spiro atoms. The molecule has 13 heavy (non-hydrogen) atoms. The van der Waals surface area contributed by atoms with Gasteiger partial charge in [0.25, 0.3) is 5.56 Å². The van der Waals surface area contributed by atoms with Gasteiger partial charge in [-0.1, -0.05) is 12.1 Å². The molecule has 2 aromatic rings. The summed E-state index contributed by atoms with van der Waals surface area (Å²) in [6.45, 7) is 0. The van der Waals surface area contributed by atoms with Gasteiger partial charge < -0.3 is 10.1 Å². The molecule has 0 amide bonds. The molecule has 0 atom stereocenters. The first-order chi connectivity index (χ1) is 6.18. The first kappa shape index (κ1) is 7.79. The number of aromatic nitrogens is 1. The molecule has 0 unspecified atom stereocenters. The summed E-state index contributed by atoms with van der Waals surface area (Å²) in [7, 11) is 0. The van der Waals surface area contributed by atoms with Crippen LogP contribution >= 0.6 is 0 Å². The Balaban J connectivity index is 2.97. The van der Waals surface area contributed by atoms with Gasteiger partial charge in [0.1, 0.15) is 5.75 Å². The zero-order valence-corrected chi connectivity index (χ0v) is 6.54. The van der Waals surface area contributed by atoms with E-state index in [1.54, 1.807) is 12.1 Å². The summed E-state index contributed by atoms with van der Waals surface area (Å²) < 4.78 is 12.8. The van der Waals surface area contributed by atoms with Crippen LogP contribution in [-0.2, 0) is 0 Å². The van der Waals surface area contributed by atoms with Crippen molar-refractivity contribution in [1.29, 1.82) is 0 Å². The zero-order chi connectivity index (χ0) is 9.42. The summed E-state index contributed by atoms with van der Waals surface area (Å²) in [5.41, 5.74) is -0.567. The van der Waals surface area contributed by atoms with Crippen LogP contribution in [-0.4, -0.2) is 10.1 Å². The average Bonchev–Trinajstić information content (AvgIpc) is 2.09. The van der Waals surface area contributed by atoms with Crippen LogP contribution in [0.2, 0.25) is 0 Å². The van der Waals surface area contributed by atoms with Gasteiger partial charge in [-0.15, -0.1) is 0 Å². The van der Waals surface area contributed by atoms with E-state index in [4.69, 9.17) is 0 Å². The molecule has 66 valence electrons. The number of benzene rings is 1. The van der Waals surface area contributed by atoms with E-state index in [1.165, 1.54) is 6.07 Å². The lowest BCUT2D eigenvalue weighted by atomic mass is 10.2. The molecule has 0 aliphatic carbocycles. The summed E-state index contributed by atoms with van der Waals surface area (Å²) in [5, 5.41) is 9.76. The van der Waals surface area contributed by atoms with Crippen molar-refractivity contribution in [3.05, 3.63) is 40.4 Å². The second kappa shape index (κ2) is 2.58. The SMILES string of the molecule is O=c1[nH]c2c(O)cccc2cc1F. The standard InChI is InChI=1S/C9H6FNO2/c10-6-4-5-2-1-3-7(12)8(5)11-9(6)13/h1-4,12H,(H,11,13). The van der Waals surface area contributed by atoms with Crippen LogP contribution in [0.25, 0.3) is 10.9 Å². The Morgan fingerprint density at radius 2 is 2.15 bits per heavy atom. The van der Waals surface area contributed by atoms with Gasteiger partial charge in [-0.3, -0.25) is 4.79 Å². The van der Waals surface area contributed by atoms with Gasteiger partial charge in [0.2, 0.25) is 0 Å². The third-order valence-corrected chi connectivity index (χ3v) is 1.81. The van der Waals surface area contributed by atoms with Gasteiger partial charge in [-0.05, 0) is 12.1 Å². The van der Waals surface area contributed by atoms with Crippen molar-refractivity contribution in [2.24, 2.45) is 0 Å². The number of rotatable bonds is 0. The van der Waals surface area contributed by atoms with Gasteiger partial charge in [-0.2, -0.15) is 0 Å². The van der Waals surface area contributed by atoms with E-state index < -0.39 is 11.4 Å². The second-order valence-electron chi connectivity index (χ2n) is 2.69. The first-order valence-electron chi connectivity index (χ1n) is 3.69. The topological polar surface area (TPSA) is 53.1 Å². The van der Waals surface area contributed by atoms with E-state index in [9.17, 15) is 14.3 Å². The molecule has 0 aliphatic rings. The molecule has 0 radical (unpaired) electrons. The van der Waals surface area contributed by atoms with E-state index in [0.717, 1.165) is 6.07 Å². The van der Waals surface area contributed by atoms with E-state index in [0.29, 0.717) is 5.39 Å². The fourth-order valence-electron chi connectivity index (χ4n) is 1.19. The number of fused-ring (bicyclic) bond motifs is 1. The number of halogens is 1. The van der Waals surface area contributed by atoms with Crippen molar-refractivity contribution in [2.75, 3.05) is 0 Å². The molecule has 0 bridgehead atoms. The molecule has 3 nitrogen and oxygen atoms in total. The summed E-state index contributed by atoms with van der Waals surface area (Å²) in [6, 6.07) is 5.70. The van der Waals surface area contributed by atoms with Crippen molar-refractivity contribution in [2.45, 2.75) is 0 Å². The van der Waals surface area contributed by atoms with Crippen molar-refractivity contribution in [3.8, 4) is 5.75 Å². The number of aromatic hydroxyl groups is 1. The molecule has 4 heteroatoms. The Hall–Kier alpha value is -1.84. The van der Waals surface area contributed by atoms with Crippen molar-refractivity contribution < 1.29 is 9.50 Å². The Kier molecular flexibility index (Phi) is 1.55. The lowest BCUT2D eigenvalue weighted by Crippen LogP contribution is -2.09. The summed E-state index contributed by atoms with van der Waals surface area (Å²) in [6.07, 6.45) is 0. The lowest BCUT2D eigenvalue weighted by Gasteiger charge is -1.99. The molecular formula is C9H6FNO2. The molecule has 0 saturated carbocycles. The van der Waals surface area contributed by atoms with Crippen LogP contribution in [0.1, 0.15) is 0 Å². The fourth-order valence-corrected chi connectivity index (χ4v) is 1.19. The maximum atomic E-state index is 12.8. The van der Waals surface area contributed by atoms with E-state index in [-0.39, 0.29) is 11.3 Å². The smallest absolute Gasteiger partial charge is 0.284 e. The number of hydrogen-bond acceptors (Lipinski definition) is 2. The maximum Gasteiger partial charge on any atom is 0.284 e. The predicted octanol–water partition coefficient (Wildman–Crippen LogP) is 1.37. The highest BCUT2D eigenvalue weighted by Gasteiger charge is 2.03. The third-order valence-electron chi connectivity index (χ3n) is 1.81. The molecule has 0 fully saturated rings. The quantitative estimate of drug-likeness (QED) is 0.641. The van der Waals surface area contributed by atoms with Gasteiger partial charge in [0.05, 0.1) is 5.52 Å². The summed E-state index contributed by atoms with van der Waals surface area (Å²) >= 11 is 0. The Morgan fingerprint density at radius 1 is 1.38 bits per heavy atom. The van der Waals surface area contributed by atoms with Crippen LogP contribution < -0.4 is 5.56 Å². The van der Waals surface area contributed by atoms with E-state index in [2.05, 4.69) is 4.98 Å². The monoisotopic (exact) mass is 179 g/mol. The molecule has 1 aromatic heterocycles. The molecule has 0 saturated heterocycles. The van der Waals surface area contributed by atoms with Crippen LogP contribution in [0.5, 0.6) is 5.75 Å². The van der Waals surface area contributed by atoms with Gasteiger partial charge in [-0.25, -0.2) is 4.39 Å². The number of phenols is 1. The fraction of sp³-hybridized carbons (Fsp3) is 0. The lowest BCUT2D eigenvalue weighted by molar-refractivity contribution is 0.480. The molecule has 2 N–H and O–H groups in total. The third kappa shape index (κ3) is 1.16. The molecule has 2 rings (SSSR count). The first-order valence-corrected chi connectivity index (χ1v) is 3.69. The van der Waals surface area contributed by atoms with Crippen LogP contribution in [0, 0.1) is 5.82 Å². The van der Waals surface area contributed by atoms with E-state index >= 15 is 0 Å². The minimum absolute atomic E-state index is 0.0606. The normalized spacial score (nSPS) is 10.5. The minimum Gasteiger partial charge on any atom is -0.506 e. The minimum atomic E-state index is -0.849. The number of nitrogens with one attached hydrogen (secondary N) is 1. The Morgan fingerprint density at radius 3 is 2.92 bits per heavy atom. The Labute approximate surface area is 72.5 Å².